The summed E-state index contributed by atoms with van der Waals surface area (Å²) in [5.74, 6) is 1.09. The van der Waals surface area contributed by atoms with E-state index < -0.39 is 0 Å². The largest absolute Gasteiger partial charge is 0.497 e. The van der Waals surface area contributed by atoms with Crippen molar-refractivity contribution in [2.24, 2.45) is 5.10 Å². The van der Waals surface area contributed by atoms with Gasteiger partial charge in [0, 0.05) is 39.4 Å². The molecule has 0 spiro atoms. The molecule has 0 radical (unpaired) electrons. The van der Waals surface area contributed by atoms with Crippen LogP contribution in [-0.4, -0.2) is 34.1 Å². The van der Waals surface area contributed by atoms with Gasteiger partial charge in [0.15, 0.2) is 0 Å². The van der Waals surface area contributed by atoms with E-state index >= 15 is 0 Å². The fourth-order valence-electron chi connectivity index (χ4n) is 5.20. The first kappa shape index (κ1) is 27.4. The summed E-state index contributed by atoms with van der Waals surface area (Å²) in [6.45, 7) is 2.84. The Hall–Kier alpha value is -3.81. The van der Waals surface area contributed by atoms with Gasteiger partial charge in [-0.25, -0.2) is 5.01 Å². The quantitative estimate of drug-likeness (QED) is 0.164. The van der Waals surface area contributed by atoms with Crippen LogP contribution < -0.4 is 4.74 Å². The van der Waals surface area contributed by atoms with Gasteiger partial charge in [-0.3, -0.25) is 4.79 Å². The van der Waals surface area contributed by atoms with E-state index in [1.807, 2.05) is 24.3 Å². The standard InChI is InChI=1S/C34H30BrN3O2S/c1-23-7-11-26(12-8-23)32-19-30(25-13-17-28(40-2)18-14-25)36-38(32)34(39)22-41-33-21-37(31-6-4-3-5-29(31)33)20-24-9-15-27(35)16-10-24/h3-18,21,32H,19-20,22H2,1-2H3/t32-/m1/s1. The predicted molar refractivity (Wildman–Crippen MR) is 171 cm³/mol. The molecule has 41 heavy (non-hydrogen) atoms. The average molecular weight is 625 g/mol. The van der Waals surface area contributed by atoms with Crippen molar-refractivity contribution in [1.82, 2.24) is 9.58 Å². The minimum absolute atomic E-state index is 0.00572. The molecule has 1 aromatic heterocycles. The lowest BCUT2D eigenvalue weighted by Crippen LogP contribution is -2.28. The minimum atomic E-state index is -0.139. The Bertz CT molecular complexity index is 1710. The Balaban J connectivity index is 1.25. The molecule has 6 rings (SSSR count). The van der Waals surface area contributed by atoms with Crippen LogP contribution in [0.25, 0.3) is 10.9 Å². The van der Waals surface area contributed by atoms with Crippen molar-refractivity contribution in [1.29, 1.82) is 0 Å². The van der Waals surface area contributed by atoms with E-state index in [9.17, 15) is 4.79 Å². The molecule has 1 atom stereocenters. The summed E-state index contributed by atoms with van der Waals surface area (Å²) in [4.78, 5) is 14.9. The summed E-state index contributed by atoms with van der Waals surface area (Å²) in [6.07, 6.45) is 2.83. The highest BCUT2D eigenvalue weighted by Crippen LogP contribution is 2.36. The van der Waals surface area contributed by atoms with Crippen LogP contribution >= 0.6 is 27.7 Å². The van der Waals surface area contributed by atoms with Crippen LogP contribution in [0.5, 0.6) is 5.75 Å². The third kappa shape index (κ3) is 5.97. The first-order valence-electron chi connectivity index (χ1n) is 13.5. The van der Waals surface area contributed by atoms with Crippen LogP contribution in [0.4, 0.5) is 0 Å². The number of methoxy groups -OCH3 is 1. The van der Waals surface area contributed by atoms with Crippen molar-refractivity contribution in [2.45, 2.75) is 30.8 Å². The number of para-hydroxylation sites is 1. The van der Waals surface area contributed by atoms with Gasteiger partial charge in [0.1, 0.15) is 5.75 Å². The van der Waals surface area contributed by atoms with Gasteiger partial charge in [-0.05, 0) is 66.1 Å². The molecule has 7 heteroatoms. The summed E-state index contributed by atoms with van der Waals surface area (Å²) < 4.78 is 8.65. The zero-order chi connectivity index (χ0) is 28.3. The monoisotopic (exact) mass is 623 g/mol. The number of aromatic nitrogens is 1. The highest BCUT2D eigenvalue weighted by Gasteiger charge is 2.33. The van der Waals surface area contributed by atoms with Crippen LogP contribution in [0.15, 0.2) is 118 Å². The van der Waals surface area contributed by atoms with Gasteiger partial charge in [0.05, 0.1) is 24.6 Å². The maximum atomic E-state index is 13.8. The summed E-state index contributed by atoms with van der Waals surface area (Å²) in [6, 6.07) is 32.9. The number of carbonyl (C=O) groups is 1. The van der Waals surface area contributed by atoms with Crippen LogP contribution in [0.3, 0.4) is 0 Å². The molecule has 1 aliphatic heterocycles. The van der Waals surface area contributed by atoms with Crippen molar-refractivity contribution < 1.29 is 9.53 Å². The maximum Gasteiger partial charge on any atom is 0.253 e. The van der Waals surface area contributed by atoms with E-state index in [2.05, 4.69) is 106 Å². The van der Waals surface area contributed by atoms with Gasteiger partial charge < -0.3 is 9.30 Å². The molecular formula is C34H30BrN3O2S. The molecule has 5 aromatic rings. The number of carbonyl (C=O) groups excluding carboxylic acids is 1. The number of aryl methyl sites for hydroxylation is 1. The molecule has 1 amide bonds. The average Bonchev–Trinajstić information content (AvgIpc) is 3.60. The molecule has 0 saturated heterocycles. The fraction of sp³-hybridized carbons (Fsp3) is 0.176. The lowest BCUT2D eigenvalue weighted by atomic mass is 9.97. The Morgan fingerprint density at radius 1 is 0.976 bits per heavy atom. The molecule has 0 bridgehead atoms. The third-order valence-corrected chi connectivity index (χ3v) is 8.98. The molecule has 0 N–H and O–H groups in total. The Labute approximate surface area is 253 Å². The van der Waals surface area contributed by atoms with Crippen molar-refractivity contribution in [3.05, 3.63) is 130 Å². The molecule has 0 saturated carbocycles. The Kier molecular flexibility index (Phi) is 7.99. The van der Waals surface area contributed by atoms with Crippen LogP contribution in [0, 0.1) is 6.92 Å². The number of hydrazone groups is 1. The van der Waals surface area contributed by atoms with Crippen molar-refractivity contribution in [3.63, 3.8) is 0 Å². The molecule has 0 unspecified atom stereocenters. The number of ether oxygens (including phenoxy) is 1. The van der Waals surface area contributed by atoms with Gasteiger partial charge in [-0.1, -0.05) is 76.1 Å². The second-order valence-electron chi connectivity index (χ2n) is 10.2. The zero-order valence-corrected chi connectivity index (χ0v) is 25.4. The minimum Gasteiger partial charge on any atom is -0.497 e. The molecule has 5 nitrogen and oxygen atoms in total. The second-order valence-corrected chi connectivity index (χ2v) is 12.1. The van der Waals surface area contributed by atoms with Gasteiger partial charge >= 0.3 is 0 Å². The van der Waals surface area contributed by atoms with E-state index in [0.717, 1.165) is 49.4 Å². The predicted octanol–water partition coefficient (Wildman–Crippen LogP) is 8.24. The Morgan fingerprint density at radius 2 is 1.71 bits per heavy atom. The second kappa shape index (κ2) is 12.0. The highest BCUT2D eigenvalue weighted by atomic mass is 79.9. The first-order chi connectivity index (χ1) is 20.0. The number of benzene rings is 4. The molecule has 1 aliphatic rings. The third-order valence-electron chi connectivity index (χ3n) is 7.42. The zero-order valence-electron chi connectivity index (χ0n) is 23.0. The van der Waals surface area contributed by atoms with Gasteiger partial charge in [0.25, 0.3) is 5.91 Å². The van der Waals surface area contributed by atoms with E-state index in [1.54, 1.807) is 23.9 Å². The molecule has 0 aliphatic carbocycles. The van der Waals surface area contributed by atoms with Gasteiger partial charge in [-0.15, -0.1) is 11.8 Å². The van der Waals surface area contributed by atoms with Crippen LogP contribution in [-0.2, 0) is 11.3 Å². The number of hydrogen-bond acceptors (Lipinski definition) is 4. The number of rotatable bonds is 8. The number of thioether (sulfide) groups is 1. The summed E-state index contributed by atoms with van der Waals surface area (Å²) in [5, 5.41) is 7.72. The number of amides is 1. The fourth-order valence-corrected chi connectivity index (χ4v) is 6.40. The molecular weight excluding hydrogens is 594 g/mol. The molecule has 206 valence electrons. The molecule has 4 aromatic carbocycles. The van der Waals surface area contributed by atoms with Gasteiger partial charge in [-0.2, -0.15) is 5.10 Å². The smallest absolute Gasteiger partial charge is 0.253 e. The number of halogens is 1. The van der Waals surface area contributed by atoms with E-state index in [0.29, 0.717) is 12.2 Å². The normalized spacial score (nSPS) is 14.9. The summed E-state index contributed by atoms with van der Waals surface area (Å²) in [7, 11) is 1.66. The lowest BCUT2D eigenvalue weighted by molar-refractivity contribution is -0.130. The van der Waals surface area contributed by atoms with Gasteiger partial charge in [0.2, 0.25) is 0 Å². The molecule has 2 heterocycles. The first-order valence-corrected chi connectivity index (χ1v) is 15.3. The molecule has 0 fully saturated rings. The number of nitrogens with zero attached hydrogens (tertiary/aromatic N) is 3. The van der Waals surface area contributed by atoms with Crippen molar-refractivity contribution in [2.75, 3.05) is 12.9 Å². The van der Waals surface area contributed by atoms with Crippen molar-refractivity contribution >= 4 is 50.2 Å². The Morgan fingerprint density at radius 3 is 2.44 bits per heavy atom. The number of fused-ring (bicyclic) bond motifs is 1. The summed E-state index contributed by atoms with van der Waals surface area (Å²) in [5.41, 5.74) is 6.57. The van der Waals surface area contributed by atoms with E-state index in [4.69, 9.17) is 9.84 Å². The lowest BCUT2D eigenvalue weighted by Gasteiger charge is -2.22. The topological polar surface area (TPSA) is 46.8 Å². The number of hydrogen-bond donors (Lipinski definition) is 0. The van der Waals surface area contributed by atoms with E-state index in [-0.39, 0.29) is 11.9 Å². The van der Waals surface area contributed by atoms with E-state index in [1.165, 1.54) is 11.1 Å². The maximum absolute atomic E-state index is 13.8. The van der Waals surface area contributed by atoms with Crippen LogP contribution in [0.1, 0.15) is 34.7 Å². The highest BCUT2D eigenvalue weighted by molar-refractivity contribution is 9.10. The summed E-state index contributed by atoms with van der Waals surface area (Å²) >= 11 is 5.10. The van der Waals surface area contributed by atoms with Crippen LogP contribution in [0.2, 0.25) is 0 Å². The SMILES string of the molecule is COc1ccc(C2=NN(C(=O)CSc3cn(Cc4ccc(Br)cc4)c4ccccc34)[C@@H](c3ccc(C)cc3)C2)cc1. The van der Waals surface area contributed by atoms with Crippen molar-refractivity contribution in [3.8, 4) is 5.75 Å².